The van der Waals surface area contributed by atoms with E-state index < -0.39 is 15.6 Å². The molecule has 12 heavy (non-hydrogen) atoms. The number of phosphoric acid groups is 2. The normalized spacial score (nSPS) is 10.3. The standard InChI is InChI=1S/2K.H3N.H4O7P2.2H/c;;;1-8(2,3)7-9(4,5)6;;/h;;1H3;(H2,1,2,3)(H2,4,5,6);;. The van der Waals surface area contributed by atoms with Crippen LogP contribution in [0.2, 0.25) is 0 Å². The van der Waals surface area contributed by atoms with E-state index in [-0.39, 0.29) is 109 Å². The molecule has 0 aliphatic rings. The Bertz CT molecular complexity index is 160. The zero-order valence-corrected chi connectivity index (χ0v) is 6.40. The molecule has 0 bridgehead atoms. The predicted octanol–water partition coefficient (Wildman–Crippen LogP) is -1.95. The molecule has 0 amide bonds. The van der Waals surface area contributed by atoms with Gasteiger partial charge in [0, 0.05) is 0 Å². The van der Waals surface area contributed by atoms with Crippen molar-refractivity contribution in [2.75, 3.05) is 0 Å². The minimum atomic E-state index is -5.05. The van der Waals surface area contributed by atoms with Gasteiger partial charge < -0.3 is 25.7 Å². The summed E-state index contributed by atoms with van der Waals surface area (Å²) in [7, 11) is -10.1. The molecule has 7 N–H and O–H groups in total. The molecular formula is H9K2NO7P2. The fraction of sp³-hybridized carbons (Fsp3) is 0. The van der Waals surface area contributed by atoms with Gasteiger partial charge in [-0.3, -0.25) is 0 Å². The maximum absolute atomic E-state index is 9.63. The third kappa shape index (κ3) is 23.4. The molecule has 0 unspecified atom stereocenters. The molecule has 0 rings (SSSR count). The fourth-order valence-electron chi connectivity index (χ4n) is 0.139. The molecule has 8 nitrogen and oxygen atoms in total. The van der Waals surface area contributed by atoms with E-state index in [1.54, 1.807) is 0 Å². The van der Waals surface area contributed by atoms with Crippen LogP contribution < -0.4 is 6.15 Å². The summed E-state index contributed by atoms with van der Waals surface area (Å²) >= 11 is 0. The summed E-state index contributed by atoms with van der Waals surface area (Å²) in [5, 5.41) is 0. The molecule has 0 fully saturated rings. The van der Waals surface area contributed by atoms with E-state index in [0.717, 1.165) is 0 Å². The van der Waals surface area contributed by atoms with Gasteiger partial charge in [0.15, 0.2) is 0 Å². The van der Waals surface area contributed by atoms with Gasteiger partial charge in [-0.15, -0.1) is 0 Å². The Kier molecular flexibility index (Phi) is 19.9. The molecule has 0 aromatic carbocycles. The topological polar surface area (TPSA) is 159 Å². The molecule has 0 atom stereocenters. The molecule has 0 radical (unpaired) electrons. The van der Waals surface area contributed by atoms with E-state index in [1.165, 1.54) is 0 Å². The van der Waals surface area contributed by atoms with E-state index >= 15 is 0 Å². The monoisotopic (exact) mass is 275 g/mol. The Morgan fingerprint density at radius 3 is 1.00 bits per heavy atom. The third-order valence-electron chi connectivity index (χ3n) is 0.213. The van der Waals surface area contributed by atoms with Crippen molar-refractivity contribution in [2.45, 2.75) is 0 Å². The molecule has 0 aromatic heterocycles. The van der Waals surface area contributed by atoms with E-state index in [2.05, 4.69) is 4.31 Å². The quantitative estimate of drug-likeness (QED) is 0.287. The summed E-state index contributed by atoms with van der Waals surface area (Å²) in [6, 6.07) is 0. The summed E-state index contributed by atoms with van der Waals surface area (Å²) in [5.41, 5.74) is 0. The van der Waals surface area contributed by atoms with Crippen molar-refractivity contribution in [3.8, 4) is 0 Å². The van der Waals surface area contributed by atoms with E-state index in [0.29, 0.717) is 0 Å². The Morgan fingerprint density at radius 1 is 0.833 bits per heavy atom. The van der Waals surface area contributed by atoms with E-state index in [1.807, 2.05) is 0 Å². The van der Waals surface area contributed by atoms with Gasteiger partial charge in [-0.05, 0) is 0 Å². The average Bonchev–Trinajstić information content (AvgIpc) is 1.14. The first kappa shape index (κ1) is 24.6. The first-order valence-electron chi connectivity index (χ1n) is 1.53. The Morgan fingerprint density at radius 2 is 1.00 bits per heavy atom. The van der Waals surface area contributed by atoms with Crippen molar-refractivity contribution in [3.63, 3.8) is 0 Å². The summed E-state index contributed by atoms with van der Waals surface area (Å²) < 4.78 is 22.2. The van der Waals surface area contributed by atoms with E-state index in [4.69, 9.17) is 19.6 Å². The molecule has 0 heterocycles. The maximum atomic E-state index is 9.63. The van der Waals surface area contributed by atoms with Crippen LogP contribution in [-0.2, 0) is 13.4 Å². The van der Waals surface area contributed by atoms with Crippen LogP contribution in [0.3, 0.4) is 0 Å². The second-order valence-corrected chi connectivity index (χ2v) is 3.68. The van der Waals surface area contributed by atoms with Crippen LogP contribution in [0.4, 0.5) is 0 Å². The van der Waals surface area contributed by atoms with Gasteiger partial charge in [-0.2, -0.15) is 4.31 Å². The van der Waals surface area contributed by atoms with Crippen LogP contribution in [0, 0.1) is 0 Å². The molecule has 0 saturated carbocycles. The van der Waals surface area contributed by atoms with Crippen LogP contribution in [-0.4, -0.2) is 122 Å². The molecule has 0 aliphatic carbocycles. The first-order valence-corrected chi connectivity index (χ1v) is 4.59. The molecule has 0 saturated heterocycles. The second kappa shape index (κ2) is 9.70. The zero-order valence-electron chi connectivity index (χ0n) is 4.62. The van der Waals surface area contributed by atoms with Crippen LogP contribution >= 0.6 is 15.6 Å². The van der Waals surface area contributed by atoms with E-state index in [9.17, 15) is 9.13 Å². The van der Waals surface area contributed by atoms with Gasteiger partial charge in [0.2, 0.25) is 0 Å². The molecule has 68 valence electrons. The van der Waals surface area contributed by atoms with Gasteiger partial charge >= 0.3 is 118 Å². The Labute approximate surface area is 154 Å². The summed E-state index contributed by atoms with van der Waals surface area (Å²) in [6.07, 6.45) is 0. The molecule has 0 spiro atoms. The van der Waals surface area contributed by atoms with Crippen LogP contribution in [0.15, 0.2) is 0 Å². The SMILES string of the molecule is N.O=P(O)(O)OP(=O)(O)O.[KH].[KH]. The third-order valence-corrected chi connectivity index (χ3v) is 1.91. The summed E-state index contributed by atoms with van der Waals surface area (Å²) in [4.78, 5) is 31.0. The number of hydrogen-bond acceptors (Lipinski definition) is 4. The Balaban J connectivity index is -0.000000107. The van der Waals surface area contributed by atoms with Crippen molar-refractivity contribution < 1.29 is 33.0 Å². The van der Waals surface area contributed by atoms with Crippen LogP contribution in [0.5, 0.6) is 0 Å². The van der Waals surface area contributed by atoms with Crippen molar-refractivity contribution in [1.29, 1.82) is 0 Å². The van der Waals surface area contributed by atoms with Crippen molar-refractivity contribution in [2.24, 2.45) is 0 Å². The van der Waals surface area contributed by atoms with Crippen molar-refractivity contribution in [1.82, 2.24) is 6.15 Å². The zero-order chi connectivity index (χ0) is 7.71. The van der Waals surface area contributed by atoms with Gasteiger partial charge in [-0.25, -0.2) is 9.13 Å². The van der Waals surface area contributed by atoms with Crippen molar-refractivity contribution in [3.05, 3.63) is 0 Å². The van der Waals surface area contributed by atoms with Crippen LogP contribution in [0.1, 0.15) is 0 Å². The van der Waals surface area contributed by atoms with Crippen LogP contribution in [0.25, 0.3) is 0 Å². The Hall–Kier alpha value is 3.49. The van der Waals surface area contributed by atoms with Gasteiger partial charge in [-0.1, -0.05) is 0 Å². The molecular weight excluding hydrogens is 266 g/mol. The van der Waals surface area contributed by atoms with Crippen molar-refractivity contribution >= 4 is 118 Å². The van der Waals surface area contributed by atoms with Gasteiger partial charge in [0.25, 0.3) is 0 Å². The average molecular weight is 275 g/mol. The summed E-state index contributed by atoms with van der Waals surface area (Å²) in [6.45, 7) is 0. The summed E-state index contributed by atoms with van der Waals surface area (Å²) in [5.74, 6) is 0. The molecule has 0 aromatic rings. The fourth-order valence-corrected chi connectivity index (χ4v) is 1.25. The first-order chi connectivity index (χ1) is 3.71. The molecule has 0 aliphatic heterocycles. The molecule has 12 heteroatoms. The predicted molar refractivity (Wildman–Crippen MR) is 44.5 cm³/mol. The number of rotatable bonds is 2. The second-order valence-electron chi connectivity index (χ2n) is 1.06. The number of hydrogen-bond donors (Lipinski definition) is 5. The van der Waals surface area contributed by atoms with Gasteiger partial charge in [0.05, 0.1) is 0 Å². The minimum absolute atomic E-state index is 0. The van der Waals surface area contributed by atoms with Gasteiger partial charge in [0.1, 0.15) is 0 Å².